The summed E-state index contributed by atoms with van der Waals surface area (Å²) in [4.78, 5) is 7.91. The second kappa shape index (κ2) is 5.13. The summed E-state index contributed by atoms with van der Waals surface area (Å²) in [5.41, 5.74) is 0. The maximum absolute atomic E-state index is 8.79. The molecule has 4 nitrogen and oxygen atoms in total. The fraction of sp³-hybridized carbons (Fsp3) is 0.545. The largest absolute Gasteiger partial charge is 0.367 e. The molecular formula is C11H13ClN4. The van der Waals surface area contributed by atoms with Gasteiger partial charge in [0, 0.05) is 18.2 Å². The molecule has 0 spiro atoms. The van der Waals surface area contributed by atoms with E-state index >= 15 is 0 Å². The summed E-state index contributed by atoms with van der Waals surface area (Å²) < 4.78 is 0. The van der Waals surface area contributed by atoms with E-state index < -0.39 is 0 Å². The molecule has 16 heavy (non-hydrogen) atoms. The first kappa shape index (κ1) is 11.2. The molecule has 1 saturated carbocycles. The first-order valence-electron chi connectivity index (χ1n) is 5.42. The quantitative estimate of drug-likeness (QED) is 0.802. The molecule has 84 valence electrons. The van der Waals surface area contributed by atoms with Crippen LogP contribution in [0.5, 0.6) is 0 Å². The molecule has 0 radical (unpaired) electrons. The Morgan fingerprint density at radius 2 is 2.12 bits per heavy atom. The highest BCUT2D eigenvalue weighted by atomic mass is 35.5. The predicted molar refractivity (Wildman–Crippen MR) is 62.0 cm³/mol. The van der Waals surface area contributed by atoms with Crippen molar-refractivity contribution in [3.63, 3.8) is 0 Å². The Bertz CT molecular complexity index is 393. The van der Waals surface area contributed by atoms with Gasteiger partial charge < -0.3 is 5.32 Å². The smallest absolute Gasteiger partial charge is 0.224 e. The summed E-state index contributed by atoms with van der Waals surface area (Å²) in [7, 11) is 0. The second-order valence-corrected chi connectivity index (χ2v) is 4.37. The van der Waals surface area contributed by atoms with Crippen LogP contribution in [0.4, 0.5) is 5.82 Å². The Balaban J connectivity index is 1.90. The molecule has 1 fully saturated rings. The summed E-state index contributed by atoms with van der Waals surface area (Å²) in [6.07, 6.45) is 5.60. The molecular weight excluding hydrogens is 224 g/mol. The van der Waals surface area contributed by atoms with Gasteiger partial charge >= 0.3 is 0 Å². The lowest BCUT2D eigenvalue weighted by Gasteiger charge is -2.25. The monoisotopic (exact) mass is 236 g/mol. The summed E-state index contributed by atoms with van der Waals surface area (Å²) in [5, 5.41) is 12.4. The van der Waals surface area contributed by atoms with Gasteiger partial charge in [-0.2, -0.15) is 5.26 Å². The minimum atomic E-state index is 0.229. The van der Waals surface area contributed by atoms with Gasteiger partial charge in [0.25, 0.3) is 0 Å². The van der Waals surface area contributed by atoms with Crippen LogP contribution >= 0.6 is 11.6 Å². The van der Waals surface area contributed by atoms with Crippen LogP contribution in [0.15, 0.2) is 12.3 Å². The molecule has 0 bridgehead atoms. The van der Waals surface area contributed by atoms with Gasteiger partial charge in [-0.1, -0.05) is 0 Å². The first-order valence-corrected chi connectivity index (χ1v) is 5.80. The van der Waals surface area contributed by atoms with Crippen LogP contribution in [-0.4, -0.2) is 16.0 Å². The molecule has 1 aliphatic carbocycles. The van der Waals surface area contributed by atoms with E-state index in [1.807, 2.05) is 6.07 Å². The topological polar surface area (TPSA) is 61.6 Å². The van der Waals surface area contributed by atoms with Gasteiger partial charge in [0.05, 0.1) is 6.07 Å². The highest BCUT2D eigenvalue weighted by Gasteiger charge is 2.20. The molecule has 2 rings (SSSR count). The number of rotatable bonds is 2. The highest BCUT2D eigenvalue weighted by molar-refractivity contribution is 6.28. The Morgan fingerprint density at radius 1 is 1.38 bits per heavy atom. The van der Waals surface area contributed by atoms with Crippen LogP contribution in [0, 0.1) is 17.2 Å². The van der Waals surface area contributed by atoms with Crippen molar-refractivity contribution < 1.29 is 0 Å². The van der Waals surface area contributed by atoms with E-state index in [-0.39, 0.29) is 11.2 Å². The van der Waals surface area contributed by atoms with Gasteiger partial charge in [0.1, 0.15) is 5.82 Å². The van der Waals surface area contributed by atoms with Crippen LogP contribution in [0.2, 0.25) is 5.28 Å². The van der Waals surface area contributed by atoms with E-state index in [1.54, 1.807) is 6.20 Å². The van der Waals surface area contributed by atoms with Crippen LogP contribution in [0.3, 0.4) is 0 Å². The van der Waals surface area contributed by atoms with Gasteiger partial charge in [0.15, 0.2) is 0 Å². The zero-order valence-corrected chi connectivity index (χ0v) is 9.61. The standard InChI is InChI=1S/C11H13ClN4/c12-11-14-6-5-10(16-11)15-9-3-1-8(7-13)2-4-9/h5-6,8-9H,1-4H2,(H,14,15,16)/t8-,9+. The van der Waals surface area contributed by atoms with Gasteiger partial charge in [-0.25, -0.2) is 9.97 Å². The predicted octanol–water partition coefficient (Wildman–Crippen LogP) is 2.62. The van der Waals surface area contributed by atoms with Gasteiger partial charge in [-0.15, -0.1) is 0 Å². The molecule has 5 heteroatoms. The molecule has 0 saturated heterocycles. The Kier molecular flexibility index (Phi) is 3.58. The third-order valence-electron chi connectivity index (χ3n) is 2.89. The summed E-state index contributed by atoms with van der Waals surface area (Å²) >= 11 is 5.70. The number of hydrogen-bond acceptors (Lipinski definition) is 4. The Morgan fingerprint density at radius 3 is 2.75 bits per heavy atom. The van der Waals surface area contributed by atoms with E-state index in [0.717, 1.165) is 31.5 Å². The Labute approximate surface area is 99.7 Å². The lowest BCUT2D eigenvalue weighted by molar-refractivity contribution is 0.397. The third-order valence-corrected chi connectivity index (χ3v) is 3.07. The molecule has 1 aromatic rings. The van der Waals surface area contributed by atoms with Crippen molar-refractivity contribution in [3.05, 3.63) is 17.5 Å². The lowest BCUT2D eigenvalue weighted by atomic mass is 9.87. The minimum Gasteiger partial charge on any atom is -0.367 e. The zero-order valence-electron chi connectivity index (χ0n) is 8.86. The number of nitriles is 1. The summed E-state index contributed by atoms with van der Waals surface area (Å²) in [6.45, 7) is 0. The van der Waals surface area contributed by atoms with E-state index in [1.165, 1.54) is 0 Å². The number of anilines is 1. The third kappa shape index (κ3) is 2.83. The Hall–Kier alpha value is -1.34. The van der Waals surface area contributed by atoms with Crippen LogP contribution < -0.4 is 5.32 Å². The highest BCUT2D eigenvalue weighted by Crippen LogP contribution is 2.25. The van der Waals surface area contributed by atoms with Crippen molar-refractivity contribution in [2.45, 2.75) is 31.7 Å². The number of nitrogens with zero attached hydrogens (tertiary/aromatic N) is 3. The van der Waals surface area contributed by atoms with Gasteiger partial charge in [-0.05, 0) is 43.4 Å². The minimum absolute atomic E-state index is 0.229. The molecule has 1 heterocycles. The molecule has 0 aliphatic heterocycles. The van der Waals surface area contributed by atoms with Crippen LogP contribution in [0.1, 0.15) is 25.7 Å². The average molecular weight is 237 g/mol. The molecule has 0 atom stereocenters. The maximum Gasteiger partial charge on any atom is 0.224 e. The van der Waals surface area contributed by atoms with E-state index in [4.69, 9.17) is 16.9 Å². The number of aromatic nitrogens is 2. The fourth-order valence-electron chi connectivity index (χ4n) is 1.99. The SMILES string of the molecule is N#C[C@H]1CC[C@@H](Nc2ccnc(Cl)n2)CC1. The fourth-order valence-corrected chi connectivity index (χ4v) is 2.14. The second-order valence-electron chi connectivity index (χ2n) is 4.03. The molecule has 0 aromatic carbocycles. The normalized spacial score (nSPS) is 24.8. The average Bonchev–Trinajstić information content (AvgIpc) is 2.30. The van der Waals surface area contributed by atoms with E-state index in [0.29, 0.717) is 6.04 Å². The molecule has 1 aliphatic rings. The number of nitrogens with one attached hydrogen (secondary N) is 1. The van der Waals surface area contributed by atoms with Crippen molar-refractivity contribution in [2.24, 2.45) is 5.92 Å². The number of halogens is 1. The van der Waals surface area contributed by atoms with Crippen LogP contribution in [-0.2, 0) is 0 Å². The first-order chi connectivity index (χ1) is 7.78. The van der Waals surface area contributed by atoms with Crippen molar-refractivity contribution >= 4 is 17.4 Å². The van der Waals surface area contributed by atoms with Crippen molar-refractivity contribution in [2.75, 3.05) is 5.32 Å². The molecule has 1 aromatic heterocycles. The van der Waals surface area contributed by atoms with E-state index in [2.05, 4.69) is 21.4 Å². The zero-order chi connectivity index (χ0) is 11.4. The summed E-state index contributed by atoms with van der Waals surface area (Å²) in [6, 6.07) is 4.53. The van der Waals surface area contributed by atoms with E-state index in [9.17, 15) is 0 Å². The molecule has 0 unspecified atom stereocenters. The lowest BCUT2D eigenvalue weighted by Crippen LogP contribution is -2.26. The molecule has 0 amide bonds. The maximum atomic E-state index is 8.79. The molecule has 1 N–H and O–H groups in total. The number of hydrogen-bond donors (Lipinski definition) is 1. The summed E-state index contributed by atoms with van der Waals surface area (Å²) in [5.74, 6) is 0.993. The van der Waals surface area contributed by atoms with Gasteiger partial charge in [0.2, 0.25) is 5.28 Å². The van der Waals surface area contributed by atoms with Crippen molar-refractivity contribution in [1.29, 1.82) is 5.26 Å². The van der Waals surface area contributed by atoms with Crippen molar-refractivity contribution in [3.8, 4) is 6.07 Å². The van der Waals surface area contributed by atoms with Gasteiger partial charge in [-0.3, -0.25) is 0 Å². The van der Waals surface area contributed by atoms with Crippen molar-refractivity contribution in [1.82, 2.24) is 9.97 Å². The van der Waals surface area contributed by atoms with Crippen LogP contribution in [0.25, 0.3) is 0 Å².